The Bertz CT molecular complexity index is 996. The van der Waals surface area contributed by atoms with Crippen LogP contribution in [0.4, 0.5) is 0 Å². The smallest absolute Gasteiger partial charge is 0.303 e. The van der Waals surface area contributed by atoms with E-state index in [4.69, 9.17) is 14.0 Å². The van der Waals surface area contributed by atoms with Crippen LogP contribution >= 0.6 is 0 Å². The molecule has 2 aromatic carbocycles. The Morgan fingerprint density at radius 1 is 0.568 bits per heavy atom. The van der Waals surface area contributed by atoms with E-state index in [-0.39, 0.29) is 18.6 Å². The molecule has 0 heterocycles. The Kier molecular flexibility index (Phi) is 19.1. The van der Waals surface area contributed by atoms with Crippen molar-refractivity contribution in [2.75, 3.05) is 0 Å². The highest BCUT2D eigenvalue weighted by Gasteiger charge is 2.37. The van der Waals surface area contributed by atoms with Gasteiger partial charge in [-0.2, -0.15) is 0 Å². The molecule has 2 unspecified atom stereocenters. The van der Waals surface area contributed by atoms with Crippen LogP contribution in [0.2, 0.25) is 26.2 Å². The zero-order valence-electron chi connectivity index (χ0n) is 28.8. The van der Waals surface area contributed by atoms with Gasteiger partial charge in [-0.1, -0.05) is 157 Å². The average molecular weight is 641 g/mol. The van der Waals surface area contributed by atoms with Gasteiger partial charge in [-0.3, -0.25) is 4.79 Å². The lowest BCUT2D eigenvalue weighted by Crippen LogP contribution is -2.54. The summed E-state index contributed by atoms with van der Waals surface area (Å²) >= 11 is 0. The van der Waals surface area contributed by atoms with Crippen LogP contribution in [0, 0.1) is 0 Å². The molecule has 2 rings (SSSR count). The summed E-state index contributed by atoms with van der Waals surface area (Å²) in [6.07, 6.45) is 20.8. The van der Waals surface area contributed by atoms with E-state index in [1.807, 2.05) is 0 Å². The monoisotopic (exact) mass is 640 g/mol. The molecule has 0 aliphatic carbocycles. The molecule has 248 valence electrons. The minimum Gasteiger partial charge on any atom is -0.481 e. The van der Waals surface area contributed by atoms with E-state index in [0.29, 0.717) is 0 Å². The van der Waals surface area contributed by atoms with E-state index >= 15 is 0 Å². The first-order chi connectivity index (χ1) is 21.2. The van der Waals surface area contributed by atoms with Gasteiger partial charge in [-0.05, 0) is 55.8 Å². The van der Waals surface area contributed by atoms with Crippen LogP contribution in [0.1, 0.15) is 122 Å². The second kappa shape index (κ2) is 21.9. The van der Waals surface area contributed by atoms with Gasteiger partial charge in [0, 0.05) is 6.42 Å². The Morgan fingerprint density at radius 2 is 0.909 bits per heavy atom. The van der Waals surface area contributed by atoms with Gasteiger partial charge in [0.05, 0.1) is 12.2 Å². The lowest BCUT2D eigenvalue weighted by atomic mass is 9.99. The molecule has 0 aromatic heterocycles. The van der Waals surface area contributed by atoms with Crippen LogP contribution in [-0.2, 0) is 13.6 Å². The summed E-state index contributed by atoms with van der Waals surface area (Å²) < 4.78 is 14.5. The molecule has 6 heteroatoms. The van der Waals surface area contributed by atoms with E-state index < -0.39 is 22.6 Å². The zero-order valence-corrected chi connectivity index (χ0v) is 30.8. The van der Waals surface area contributed by atoms with E-state index in [2.05, 4.69) is 93.8 Å². The van der Waals surface area contributed by atoms with Gasteiger partial charge >= 0.3 is 5.97 Å². The van der Waals surface area contributed by atoms with Crippen molar-refractivity contribution in [1.29, 1.82) is 0 Å². The minimum atomic E-state index is -2.16. The summed E-state index contributed by atoms with van der Waals surface area (Å²) in [5, 5.41) is 11.6. The Morgan fingerprint density at radius 3 is 1.27 bits per heavy atom. The largest absolute Gasteiger partial charge is 0.481 e. The van der Waals surface area contributed by atoms with Crippen molar-refractivity contribution >= 4 is 33.0 Å². The Balaban J connectivity index is 2.11. The first-order valence-corrected chi connectivity index (χ1v) is 23.7. The van der Waals surface area contributed by atoms with Crippen molar-refractivity contribution < 1.29 is 18.8 Å². The topological polar surface area (TPSA) is 55.8 Å². The first kappa shape index (κ1) is 38.4. The number of hydrogen-bond donors (Lipinski definition) is 1. The maximum atomic E-state index is 10.9. The molecule has 0 bridgehead atoms. The predicted molar refractivity (Wildman–Crippen MR) is 193 cm³/mol. The highest BCUT2D eigenvalue weighted by Crippen LogP contribution is 2.26. The summed E-state index contributed by atoms with van der Waals surface area (Å²) in [5.74, 6) is -0.691. The number of rotatable bonds is 26. The van der Waals surface area contributed by atoms with Gasteiger partial charge in [0.15, 0.2) is 0 Å². The fourth-order valence-corrected chi connectivity index (χ4v) is 10.5. The zero-order chi connectivity index (χ0) is 32.1. The number of benzene rings is 2. The van der Waals surface area contributed by atoms with Crippen molar-refractivity contribution in [3.8, 4) is 0 Å². The Labute approximate surface area is 272 Å². The molecule has 2 aromatic rings. The van der Waals surface area contributed by atoms with Gasteiger partial charge < -0.3 is 14.0 Å². The van der Waals surface area contributed by atoms with Crippen LogP contribution < -0.4 is 10.4 Å². The molecular formula is C38H64O4Si2. The van der Waals surface area contributed by atoms with Crippen LogP contribution in [0.5, 0.6) is 0 Å². The van der Waals surface area contributed by atoms with E-state index in [9.17, 15) is 4.79 Å². The van der Waals surface area contributed by atoms with Gasteiger partial charge in [0.2, 0.25) is 16.6 Å². The van der Waals surface area contributed by atoms with Crippen molar-refractivity contribution in [2.24, 2.45) is 0 Å². The van der Waals surface area contributed by atoms with Gasteiger partial charge in [-0.15, -0.1) is 0 Å². The maximum absolute atomic E-state index is 10.9. The van der Waals surface area contributed by atoms with E-state index in [1.54, 1.807) is 0 Å². The third-order valence-corrected chi connectivity index (χ3v) is 14.2. The fourth-order valence-electron chi connectivity index (χ4n) is 6.20. The highest BCUT2D eigenvalue weighted by molar-refractivity contribution is 6.85. The van der Waals surface area contributed by atoms with Crippen molar-refractivity contribution in [3.05, 3.63) is 60.7 Å². The summed E-state index contributed by atoms with van der Waals surface area (Å²) in [7, 11) is -4.32. The van der Waals surface area contributed by atoms with E-state index in [0.717, 1.165) is 44.9 Å². The second-order valence-corrected chi connectivity index (χ2v) is 21.4. The molecule has 44 heavy (non-hydrogen) atoms. The molecule has 0 aliphatic heterocycles. The Hall–Kier alpha value is -1.74. The number of unbranched alkanes of at least 4 members (excludes halogenated alkanes) is 13. The molecular weight excluding hydrogens is 577 g/mol. The van der Waals surface area contributed by atoms with E-state index in [1.165, 1.54) is 74.6 Å². The van der Waals surface area contributed by atoms with Crippen molar-refractivity contribution in [3.63, 3.8) is 0 Å². The highest BCUT2D eigenvalue weighted by atomic mass is 28.4. The molecule has 0 amide bonds. The predicted octanol–water partition coefficient (Wildman–Crippen LogP) is 10.1. The van der Waals surface area contributed by atoms with Crippen LogP contribution in [0.15, 0.2) is 60.7 Å². The second-order valence-electron chi connectivity index (χ2n) is 13.7. The number of carbonyl (C=O) groups is 1. The molecule has 0 spiro atoms. The lowest BCUT2D eigenvalue weighted by Gasteiger charge is -2.39. The van der Waals surface area contributed by atoms with Crippen LogP contribution in [-0.4, -0.2) is 39.9 Å². The molecule has 0 saturated heterocycles. The van der Waals surface area contributed by atoms with Gasteiger partial charge in [-0.25, -0.2) is 0 Å². The quantitative estimate of drug-likeness (QED) is 0.0821. The molecule has 0 aliphatic rings. The number of hydrogen-bond acceptors (Lipinski definition) is 3. The molecule has 2 atom stereocenters. The third-order valence-electron chi connectivity index (χ3n) is 8.97. The molecule has 1 N–H and O–H groups in total. The molecule has 0 fully saturated rings. The average Bonchev–Trinajstić information content (AvgIpc) is 3.01. The molecule has 0 radical (unpaired) electrons. The summed E-state index contributed by atoms with van der Waals surface area (Å²) in [6.45, 7) is 11.6. The van der Waals surface area contributed by atoms with Crippen LogP contribution in [0.3, 0.4) is 0 Å². The maximum Gasteiger partial charge on any atom is 0.303 e. The van der Waals surface area contributed by atoms with Crippen molar-refractivity contribution in [2.45, 2.75) is 161 Å². The number of carboxylic acids is 1. The normalized spacial score (nSPS) is 13.6. The molecule has 4 nitrogen and oxygen atoms in total. The number of aliphatic carboxylic acids is 1. The standard InChI is InChI=1S/C38H64O4Si2/c1-6-7-8-9-10-11-12-13-15-24-31-36(41-43(2,3)34-27-20-18-21-28-34)37(32-25-16-14-17-26-33-38(39)40)42-44(4,5)35-29-22-19-23-30-35/h18-23,27-30,36-37H,6-17,24-26,31-33H2,1-5H3,(H,39,40). The van der Waals surface area contributed by atoms with Gasteiger partial charge in [0.1, 0.15) is 0 Å². The van der Waals surface area contributed by atoms with Crippen molar-refractivity contribution in [1.82, 2.24) is 0 Å². The summed E-state index contributed by atoms with van der Waals surface area (Å²) in [5.41, 5.74) is 0. The minimum absolute atomic E-state index is 0.0601. The lowest BCUT2D eigenvalue weighted by molar-refractivity contribution is -0.137. The first-order valence-electron chi connectivity index (χ1n) is 17.8. The summed E-state index contributed by atoms with van der Waals surface area (Å²) in [4.78, 5) is 10.9. The number of carboxylic acid groups (broad SMARTS) is 1. The van der Waals surface area contributed by atoms with Gasteiger partial charge in [0.25, 0.3) is 0 Å². The SMILES string of the molecule is CCCCCCCCCCCCC(O[Si](C)(C)c1ccccc1)C(CCCCCCCC(=O)O)O[Si](C)(C)c1ccccc1. The fraction of sp³-hybridized carbons (Fsp3) is 0.658. The molecule has 0 saturated carbocycles. The third kappa shape index (κ3) is 16.0. The summed E-state index contributed by atoms with van der Waals surface area (Å²) in [6, 6.07) is 21.6. The van der Waals surface area contributed by atoms with Crippen LogP contribution in [0.25, 0.3) is 0 Å².